The minimum atomic E-state index is -0.474. The van der Waals surface area contributed by atoms with E-state index in [9.17, 15) is 27.6 Å². The van der Waals surface area contributed by atoms with E-state index < -0.39 is 17.7 Å². The fraction of sp³-hybridized carbons (Fsp3) is 0.182. The number of nitrogens with one attached hydrogen (secondary N) is 3. The van der Waals surface area contributed by atoms with Crippen molar-refractivity contribution in [1.29, 1.82) is 0 Å². The number of carbonyl (C=O) groups is 3. The topological polar surface area (TPSA) is 87.3 Å². The van der Waals surface area contributed by atoms with Crippen LogP contribution in [-0.4, -0.2) is 37.4 Å². The van der Waals surface area contributed by atoms with E-state index in [0.717, 1.165) is 16.7 Å². The largest absolute Gasteiger partial charge is 0.352 e. The molecular weight excluding hydrogens is 543 g/mol. The van der Waals surface area contributed by atoms with Gasteiger partial charge in [0.2, 0.25) is 0 Å². The Morgan fingerprint density at radius 1 is 0.429 bits per heavy atom. The van der Waals surface area contributed by atoms with Crippen LogP contribution in [0.3, 0.4) is 0 Å². The van der Waals surface area contributed by atoms with Gasteiger partial charge in [-0.3, -0.25) is 14.4 Å². The lowest BCUT2D eigenvalue weighted by atomic mass is 10.0. The molecule has 0 aromatic heterocycles. The average Bonchev–Trinajstić information content (AvgIpc) is 2.99. The van der Waals surface area contributed by atoms with Gasteiger partial charge in [-0.15, -0.1) is 0 Å². The molecule has 0 unspecified atom stereocenters. The predicted molar refractivity (Wildman–Crippen MR) is 154 cm³/mol. The third-order valence-corrected chi connectivity index (χ3v) is 6.56. The molecule has 0 radical (unpaired) electrons. The van der Waals surface area contributed by atoms with Gasteiger partial charge in [-0.1, -0.05) is 36.4 Å². The summed E-state index contributed by atoms with van der Waals surface area (Å²) in [5.41, 5.74) is 2.91. The minimum Gasteiger partial charge on any atom is -0.352 e. The maximum absolute atomic E-state index is 13.2. The second kappa shape index (κ2) is 14.6. The van der Waals surface area contributed by atoms with Gasteiger partial charge in [-0.2, -0.15) is 0 Å². The van der Waals surface area contributed by atoms with Crippen LogP contribution in [0.1, 0.15) is 47.8 Å². The zero-order valence-corrected chi connectivity index (χ0v) is 22.8. The smallest absolute Gasteiger partial charge is 0.251 e. The predicted octanol–water partition coefficient (Wildman–Crippen LogP) is 5.02. The van der Waals surface area contributed by atoms with Gasteiger partial charge < -0.3 is 16.0 Å². The second-order valence-electron chi connectivity index (χ2n) is 9.70. The number of benzene rings is 4. The van der Waals surface area contributed by atoms with Crippen molar-refractivity contribution in [2.24, 2.45) is 0 Å². The van der Waals surface area contributed by atoms with E-state index in [1.54, 1.807) is 36.4 Å². The van der Waals surface area contributed by atoms with Gasteiger partial charge in [0.25, 0.3) is 17.7 Å². The Bertz CT molecular complexity index is 1330. The summed E-state index contributed by atoms with van der Waals surface area (Å²) in [6, 6.07) is 22.1. The highest BCUT2D eigenvalue weighted by Crippen LogP contribution is 2.13. The summed E-state index contributed by atoms with van der Waals surface area (Å²) in [6.45, 7) is 0.785. The third-order valence-electron chi connectivity index (χ3n) is 6.56. The van der Waals surface area contributed by atoms with Crippen molar-refractivity contribution >= 4 is 17.7 Å². The van der Waals surface area contributed by atoms with Gasteiger partial charge in [-0.05, 0) is 90.6 Å². The summed E-state index contributed by atoms with van der Waals surface area (Å²) in [4.78, 5) is 39.0. The van der Waals surface area contributed by atoms with Crippen LogP contribution in [0.25, 0.3) is 0 Å². The van der Waals surface area contributed by atoms with Gasteiger partial charge in [0.05, 0.1) is 0 Å². The van der Waals surface area contributed by atoms with Crippen molar-refractivity contribution in [2.75, 3.05) is 19.6 Å². The molecule has 0 atom stereocenters. The quantitative estimate of drug-likeness (QED) is 0.223. The van der Waals surface area contributed by atoms with Gasteiger partial charge in [0.15, 0.2) is 0 Å². The molecule has 0 aliphatic carbocycles. The van der Waals surface area contributed by atoms with Crippen LogP contribution in [-0.2, 0) is 19.3 Å². The van der Waals surface area contributed by atoms with Crippen LogP contribution in [0.5, 0.6) is 0 Å². The maximum Gasteiger partial charge on any atom is 0.251 e. The normalized spacial score (nSPS) is 10.6. The van der Waals surface area contributed by atoms with Crippen molar-refractivity contribution in [1.82, 2.24) is 16.0 Å². The molecule has 0 heterocycles. The van der Waals surface area contributed by atoms with Gasteiger partial charge in [0, 0.05) is 36.3 Å². The van der Waals surface area contributed by atoms with Crippen LogP contribution in [0.2, 0.25) is 0 Å². The highest BCUT2D eigenvalue weighted by atomic mass is 19.1. The number of hydrogen-bond acceptors (Lipinski definition) is 3. The lowest BCUT2D eigenvalue weighted by molar-refractivity contribution is 0.0953. The molecule has 0 aliphatic heterocycles. The van der Waals surface area contributed by atoms with Crippen LogP contribution in [0.15, 0.2) is 91.0 Å². The Morgan fingerprint density at radius 2 is 0.667 bits per heavy atom. The standard InChI is InChI=1S/C33H30F3N3O3/c34-28-7-1-22(2-8-28)13-16-37-31(40)25-19-26(32(41)38-17-14-23-3-9-29(35)10-4-23)21-27(20-25)33(42)39-18-15-24-5-11-30(36)12-6-24/h1-12,19-21H,13-18H2,(H,37,40)(H,38,41)(H,39,42). The maximum atomic E-state index is 13.2. The first-order valence-corrected chi connectivity index (χ1v) is 13.5. The molecule has 0 fully saturated rings. The number of hydrogen-bond donors (Lipinski definition) is 3. The van der Waals surface area contributed by atoms with Crippen LogP contribution in [0.4, 0.5) is 13.2 Å². The Balaban J connectivity index is 1.43. The Kier molecular flexibility index (Phi) is 10.5. The lowest BCUT2D eigenvalue weighted by Crippen LogP contribution is -2.30. The highest BCUT2D eigenvalue weighted by Gasteiger charge is 2.16. The zero-order chi connectivity index (χ0) is 29.9. The van der Waals surface area contributed by atoms with Gasteiger partial charge >= 0.3 is 0 Å². The van der Waals surface area contributed by atoms with E-state index in [-0.39, 0.29) is 53.8 Å². The van der Waals surface area contributed by atoms with Crippen LogP contribution < -0.4 is 16.0 Å². The van der Waals surface area contributed by atoms with E-state index >= 15 is 0 Å². The number of carbonyl (C=O) groups excluding carboxylic acids is 3. The van der Waals surface area contributed by atoms with E-state index in [2.05, 4.69) is 16.0 Å². The number of halogens is 3. The van der Waals surface area contributed by atoms with E-state index in [0.29, 0.717) is 19.3 Å². The lowest BCUT2D eigenvalue weighted by Gasteiger charge is -2.12. The Hall–Kier alpha value is -4.92. The van der Waals surface area contributed by atoms with Crippen LogP contribution in [0, 0.1) is 17.5 Å². The highest BCUT2D eigenvalue weighted by molar-refractivity contribution is 6.04. The summed E-state index contributed by atoms with van der Waals surface area (Å²) in [5.74, 6) is -2.47. The number of amides is 3. The van der Waals surface area contributed by atoms with Crippen LogP contribution >= 0.6 is 0 Å². The zero-order valence-electron chi connectivity index (χ0n) is 22.8. The van der Waals surface area contributed by atoms with E-state index in [1.165, 1.54) is 54.6 Å². The molecule has 0 spiro atoms. The van der Waals surface area contributed by atoms with Crippen molar-refractivity contribution in [3.8, 4) is 0 Å². The summed E-state index contributed by atoms with van der Waals surface area (Å²) in [6.07, 6.45) is 1.39. The SMILES string of the molecule is O=C(NCCc1ccc(F)cc1)c1cc(C(=O)NCCc2ccc(F)cc2)cc(C(=O)NCCc2ccc(F)cc2)c1. The minimum absolute atomic E-state index is 0.129. The average molecular weight is 574 g/mol. The Labute approximate surface area is 242 Å². The molecule has 0 saturated heterocycles. The molecule has 6 nitrogen and oxygen atoms in total. The third kappa shape index (κ3) is 9.05. The van der Waals surface area contributed by atoms with E-state index in [4.69, 9.17) is 0 Å². The van der Waals surface area contributed by atoms with Gasteiger partial charge in [-0.25, -0.2) is 13.2 Å². The van der Waals surface area contributed by atoms with E-state index in [1.807, 2.05) is 0 Å². The summed E-state index contributed by atoms with van der Waals surface area (Å²) in [7, 11) is 0. The van der Waals surface area contributed by atoms with Crippen molar-refractivity contribution < 1.29 is 27.6 Å². The van der Waals surface area contributed by atoms with Gasteiger partial charge in [0.1, 0.15) is 17.5 Å². The van der Waals surface area contributed by atoms with Crippen molar-refractivity contribution in [2.45, 2.75) is 19.3 Å². The monoisotopic (exact) mass is 573 g/mol. The first-order chi connectivity index (χ1) is 20.3. The molecule has 4 aromatic carbocycles. The molecule has 216 valence electrons. The molecule has 0 bridgehead atoms. The fourth-order valence-electron chi connectivity index (χ4n) is 4.24. The first-order valence-electron chi connectivity index (χ1n) is 13.5. The molecular formula is C33H30F3N3O3. The molecule has 42 heavy (non-hydrogen) atoms. The first kappa shape index (κ1) is 30.0. The Morgan fingerprint density at radius 3 is 0.905 bits per heavy atom. The summed E-state index contributed by atoms with van der Waals surface area (Å²) >= 11 is 0. The second-order valence-corrected chi connectivity index (χ2v) is 9.70. The summed E-state index contributed by atoms with van der Waals surface area (Å²) in [5, 5.41) is 8.33. The molecule has 4 aromatic rings. The fourth-order valence-corrected chi connectivity index (χ4v) is 4.24. The molecule has 4 rings (SSSR count). The number of rotatable bonds is 12. The van der Waals surface area contributed by atoms with Crippen molar-refractivity contribution in [3.05, 3.63) is 142 Å². The molecule has 3 N–H and O–H groups in total. The molecule has 3 amide bonds. The molecule has 9 heteroatoms. The van der Waals surface area contributed by atoms with Crippen molar-refractivity contribution in [3.63, 3.8) is 0 Å². The molecule has 0 aliphatic rings. The summed E-state index contributed by atoms with van der Waals surface area (Å²) < 4.78 is 39.5. The molecule has 0 saturated carbocycles.